The van der Waals surface area contributed by atoms with E-state index in [0.717, 1.165) is 0 Å². The lowest BCUT2D eigenvalue weighted by Gasteiger charge is -2.01. The molecule has 0 fully saturated rings. The minimum atomic E-state index is 0.0229. The molecule has 0 bridgehead atoms. The molecule has 6 heteroatoms. The number of hydrogen-bond donors (Lipinski definition) is 1. The molecule has 0 atom stereocenters. The molecule has 1 aromatic heterocycles. The molecule has 0 unspecified atom stereocenters. The first kappa shape index (κ1) is 11.1. The van der Waals surface area contributed by atoms with Crippen molar-refractivity contribution in [1.29, 1.82) is 0 Å². The lowest BCUT2D eigenvalue weighted by Crippen LogP contribution is -1.80. The van der Waals surface area contributed by atoms with Crippen LogP contribution in [0.3, 0.4) is 0 Å². The van der Waals surface area contributed by atoms with E-state index in [0.29, 0.717) is 23.0 Å². The van der Waals surface area contributed by atoms with Gasteiger partial charge in [-0.2, -0.15) is 0 Å². The van der Waals surface area contributed by atoms with E-state index in [1.165, 1.54) is 13.2 Å². The summed E-state index contributed by atoms with van der Waals surface area (Å²) in [5, 5.41) is 20.9. The van der Waals surface area contributed by atoms with E-state index in [4.69, 9.17) is 9.26 Å². The van der Waals surface area contributed by atoms with Crippen LogP contribution in [0.15, 0.2) is 39.0 Å². The Morgan fingerprint density at radius 1 is 1.29 bits per heavy atom. The van der Waals surface area contributed by atoms with E-state index in [2.05, 4.69) is 15.4 Å². The minimum Gasteiger partial charge on any atom is -0.506 e. The summed E-state index contributed by atoms with van der Waals surface area (Å²) in [5.41, 5.74) is 0.310. The van der Waals surface area contributed by atoms with Crippen LogP contribution in [-0.4, -0.2) is 17.4 Å². The molecule has 0 radical (unpaired) electrons. The molecule has 0 aliphatic carbocycles. The maximum Gasteiger partial charge on any atom is 0.216 e. The van der Waals surface area contributed by atoms with Gasteiger partial charge in [-0.25, -0.2) is 0 Å². The monoisotopic (exact) mass is 233 g/mol. The smallest absolute Gasteiger partial charge is 0.216 e. The van der Waals surface area contributed by atoms with Crippen molar-refractivity contribution in [2.75, 3.05) is 7.11 Å². The van der Waals surface area contributed by atoms with Crippen LogP contribution in [0.5, 0.6) is 11.5 Å². The predicted octanol–water partition coefficient (Wildman–Crippen LogP) is 3.11. The Bertz CT molecular complexity index is 549. The van der Waals surface area contributed by atoms with E-state index >= 15 is 0 Å². The van der Waals surface area contributed by atoms with Gasteiger partial charge in [-0.1, -0.05) is 5.16 Å². The summed E-state index contributed by atoms with van der Waals surface area (Å²) >= 11 is 0. The van der Waals surface area contributed by atoms with Crippen molar-refractivity contribution in [3.8, 4) is 11.5 Å². The molecule has 0 saturated heterocycles. The number of nitrogens with zero attached hydrogens (tertiary/aromatic N) is 3. The van der Waals surface area contributed by atoms with Crippen LogP contribution in [0.25, 0.3) is 0 Å². The normalized spacial score (nSPS) is 10.9. The molecule has 0 saturated carbocycles. The number of ether oxygens (including phenoxy) is 1. The van der Waals surface area contributed by atoms with Crippen LogP contribution in [0.4, 0.5) is 11.5 Å². The molecule has 1 heterocycles. The first-order valence-corrected chi connectivity index (χ1v) is 4.91. The Labute approximate surface area is 97.5 Å². The second-order valence-corrected chi connectivity index (χ2v) is 3.35. The highest BCUT2D eigenvalue weighted by Gasteiger charge is 2.03. The number of methoxy groups -OCH3 is 1. The SMILES string of the molecule is COc1ccc(O)c(N=Nc2cc(C)on2)c1. The van der Waals surface area contributed by atoms with Crippen molar-refractivity contribution in [3.63, 3.8) is 0 Å². The summed E-state index contributed by atoms with van der Waals surface area (Å²) in [6.07, 6.45) is 0. The maximum absolute atomic E-state index is 9.56. The van der Waals surface area contributed by atoms with Gasteiger partial charge < -0.3 is 14.4 Å². The summed E-state index contributed by atoms with van der Waals surface area (Å²) < 4.78 is 9.86. The fraction of sp³-hybridized carbons (Fsp3) is 0.182. The van der Waals surface area contributed by atoms with Crippen LogP contribution < -0.4 is 4.74 Å². The number of hydrogen-bond acceptors (Lipinski definition) is 6. The van der Waals surface area contributed by atoms with Crippen LogP contribution in [0.2, 0.25) is 0 Å². The summed E-state index contributed by atoms with van der Waals surface area (Å²) in [5.74, 6) is 1.61. The molecule has 0 amide bonds. The Hall–Kier alpha value is -2.37. The molecule has 2 rings (SSSR count). The van der Waals surface area contributed by atoms with Crippen molar-refractivity contribution in [3.05, 3.63) is 30.0 Å². The van der Waals surface area contributed by atoms with Gasteiger partial charge in [-0.3, -0.25) is 0 Å². The number of benzene rings is 1. The second-order valence-electron chi connectivity index (χ2n) is 3.35. The lowest BCUT2D eigenvalue weighted by molar-refractivity contribution is 0.399. The van der Waals surface area contributed by atoms with Crippen molar-refractivity contribution >= 4 is 11.5 Å². The van der Waals surface area contributed by atoms with Crippen LogP contribution in [-0.2, 0) is 0 Å². The van der Waals surface area contributed by atoms with Crippen molar-refractivity contribution in [2.45, 2.75) is 6.92 Å². The van der Waals surface area contributed by atoms with E-state index in [1.54, 1.807) is 25.1 Å². The standard InChI is InChI=1S/C11H11N3O3/c1-7-5-11(14-17-7)13-12-9-6-8(16-2)3-4-10(9)15/h3-6,15H,1-2H3. The summed E-state index contributed by atoms with van der Waals surface area (Å²) in [6, 6.07) is 6.34. The average molecular weight is 233 g/mol. The van der Waals surface area contributed by atoms with Gasteiger partial charge in [0.05, 0.1) is 7.11 Å². The molecule has 88 valence electrons. The largest absolute Gasteiger partial charge is 0.506 e. The van der Waals surface area contributed by atoms with Crippen LogP contribution >= 0.6 is 0 Å². The molecular formula is C11H11N3O3. The Kier molecular flexibility index (Phi) is 3.04. The Morgan fingerprint density at radius 3 is 2.76 bits per heavy atom. The summed E-state index contributed by atoms with van der Waals surface area (Å²) in [4.78, 5) is 0. The molecule has 0 aliphatic rings. The highest BCUT2D eigenvalue weighted by Crippen LogP contribution is 2.31. The predicted molar refractivity (Wildman–Crippen MR) is 60.1 cm³/mol. The van der Waals surface area contributed by atoms with E-state index in [1.807, 2.05) is 0 Å². The second kappa shape index (κ2) is 4.65. The van der Waals surface area contributed by atoms with Gasteiger partial charge in [-0.05, 0) is 19.1 Å². The number of aromatic nitrogens is 1. The van der Waals surface area contributed by atoms with E-state index in [-0.39, 0.29) is 5.75 Å². The van der Waals surface area contributed by atoms with Gasteiger partial charge in [0.15, 0.2) is 0 Å². The minimum absolute atomic E-state index is 0.0229. The molecule has 1 N–H and O–H groups in total. The molecule has 2 aromatic rings. The lowest BCUT2D eigenvalue weighted by atomic mass is 10.3. The molecule has 6 nitrogen and oxygen atoms in total. The molecule has 1 aromatic carbocycles. The van der Waals surface area contributed by atoms with Crippen LogP contribution in [0.1, 0.15) is 5.76 Å². The zero-order valence-corrected chi connectivity index (χ0v) is 9.41. The van der Waals surface area contributed by atoms with Crippen LogP contribution in [0, 0.1) is 6.92 Å². The van der Waals surface area contributed by atoms with E-state index < -0.39 is 0 Å². The van der Waals surface area contributed by atoms with Gasteiger partial charge in [0.1, 0.15) is 22.9 Å². The highest BCUT2D eigenvalue weighted by molar-refractivity contribution is 5.54. The van der Waals surface area contributed by atoms with Crippen molar-refractivity contribution in [1.82, 2.24) is 5.16 Å². The number of aromatic hydroxyl groups is 1. The zero-order chi connectivity index (χ0) is 12.3. The highest BCUT2D eigenvalue weighted by atomic mass is 16.5. The number of azo groups is 1. The number of rotatable bonds is 3. The first-order valence-electron chi connectivity index (χ1n) is 4.91. The number of aryl methyl sites for hydroxylation is 1. The zero-order valence-electron chi connectivity index (χ0n) is 9.41. The maximum atomic E-state index is 9.56. The quantitative estimate of drug-likeness (QED) is 0.826. The number of phenols is 1. The van der Waals surface area contributed by atoms with Gasteiger partial charge in [0.25, 0.3) is 0 Å². The Balaban J connectivity index is 2.25. The molecule has 0 aliphatic heterocycles. The topological polar surface area (TPSA) is 80.2 Å². The molecule has 0 spiro atoms. The van der Waals surface area contributed by atoms with E-state index in [9.17, 15) is 5.11 Å². The number of phenolic OH excluding ortho intramolecular Hbond substituents is 1. The first-order chi connectivity index (χ1) is 8.19. The Morgan fingerprint density at radius 2 is 2.12 bits per heavy atom. The summed E-state index contributed by atoms with van der Waals surface area (Å²) in [6.45, 7) is 1.76. The molecule has 17 heavy (non-hydrogen) atoms. The van der Waals surface area contributed by atoms with Gasteiger partial charge in [-0.15, -0.1) is 10.2 Å². The third kappa shape index (κ3) is 2.60. The van der Waals surface area contributed by atoms with Gasteiger partial charge >= 0.3 is 0 Å². The van der Waals surface area contributed by atoms with Crippen molar-refractivity contribution in [2.24, 2.45) is 10.2 Å². The van der Waals surface area contributed by atoms with Crippen molar-refractivity contribution < 1.29 is 14.4 Å². The third-order valence-corrected chi connectivity index (χ3v) is 2.06. The molecular weight excluding hydrogens is 222 g/mol. The fourth-order valence-electron chi connectivity index (χ4n) is 1.22. The van der Waals surface area contributed by atoms with Gasteiger partial charge in [0, 0.05) is 12.1 Å². The fourth-order valence-corrected chi connectivity index (χ4v) is 1.22. The van der Waals surface area contributed by atoms with Gasteiger partial charge in [0.2, 0.25) is 5.82 Å². The average Bonchev–Trinajstić information content (AvgIpc) is 2.74. The summed E-state index contributed by atoms with van der Waals surface area (Å²) in [7, 11) is 1.54. The third-order valence-electron chi connectivity index (χ3n) is 2.06.